The Morgan fingerprint density at radius 1 is 1.05 bits per heavy atom. The lowest BCUT2D eigenvalue weighted by Crippen LogP contribution is -2.11. The molecule has 0 unspecified atom stereocenters. The Balaban J connectivity index is 2.14. The summed E-state index contributed by atoms with van der Waals surface area (Å²) < 4.78 is 5.87. The van der Waals surface area contributed by atoms with Gasteiger partial charge in [-0.05, 0) is 23.5 Å². The zero-order chi connectivity index (χ0) is 15.3. The Hall–Kier alpha value is -1.54. The van der Waals surface area contributed by atoms with Gasteiger partial charge < -0.3 is 4.74 Å². The second kappa shape index (κ2) is 6.95. The average Bonchev–Trinajstić information content (AvgIpc) is 2.45. The summed E-state index contributed by atoms with van der Waals surface area (Å²) in [4.78, 5) is 4.64. The number of hydrogen-bond acceptors (Lipinski definition) is 2. The van der Waals surface area contributed by atoms with Gasteiger partial charge in [-0.2, -0.15) is 0 Å². The molecule has 0 aliphatic rings. The molecule has 21 heavy (non-hydrogen) atoms. The number of alkyl halides is 1. The number of pyridine rings is 1. The highest BCUT2D eigenvalue weighted by Gasteiger charge is 2.14. The van der Waals surface area contributed by atoms with Gasteiger partial charge in [-0.25, -0.2) is 4.98 Å². The molecule has 2 nitrogen and oxygen atoms in total. The van der Waals surface area contributed by atoms with Crippen LogP contribution in [0.4, 0.5) is 0 Å². The molecule has 0 spiro atoms. The first-order chi connectivity index (χ1) is 9.98. The summed E-state index contributed by atoms with van der Waals surface area (Å²) in [5.74, 6) is 1.06. The van der Waals surface area contributed by atoms with E-state index in [1.54, 1.807) is 0 Å². The minimum atomic E-state index is 0.201. The van der Waals surface area contributed by atoms with Crippen molar-refractivity contribution in [2.24, 2.45) is 5.41 Å². The van der Waals surface area contributed by atoms with Crippen molar-refractivity contribution >= 4 is 11.6 Å². The van der Waals surface area contributed by atoms with E-state index in [2.05, 4.69) is 25.8 Å². The lowest BCUT2D eigenvalue weighted by atomic mass is 9.90. The summed E-state index contributed by atoms with van der Waals surface area (Å²) in [7, 11) is 0. The Morgan fingerprint density at radius 2 is 1.76 bits per heavy atom. The first-order valence-corrected chi connectivity index (χ1v) is 7.73. The van der Waals surface area contributed by atoms with Crippen molar-refractivity contribution in [1.29, 1.82) is 0 Å². The van der Waals surface area contributed by atoms with Gasteiger partial charge in [-0.3, -0.25) is 0 Å². The lowest BCUT2D eigenvalue weighted by Gasteiger charge is -2.18. The van der Waals surface area contributed by atoms with Crippen LogP contribution in [-0.4, -0.2) is 4.98 Å². The fraction of sp³-hybridized carbons (Fsp3) is 0.389. The summed E-state index contributed by atoms with van der Waals surface area (Å²) >= 11 is 5.98. The molecular weight excluding hydrogens is 282 g/mol. The third-order valence-corrected chi connectivity index (χ3v) is 3.36. The molecule has 0 fully saturated rings. The zero-order valence-electron chi connectivity index (χ0n) is 12.9. The van der Waals surface area contributed by atoms with Crippen LogP contribution >= 0.6 is 11.6 Å². The summed E-state index contributed by atoms with van der Waals surface area (Å²) in [6.07, 6.45) is 0.914. The lowest BCUT2D eigenvalue weighted by molar-refractivity contribution is 0.289. The molecule has 0 amide bonds. The van der Waals surface area contributed by atoms with Crippen LogP contribution in [0.25, 0.3) is 0 Å². The van der Waals surface area contributed by atoms with Gasteiger partial charge in [0.05, 0.1) is 5.88 Å². The zero-order valence-corrected chi connectivity index (χ0v) is 13.7. The predicted molar refractivity (Wildman–Crippen MR) is 87.7 cm³/mol. The van der Waals surface area contributed by atoms with E-state index in [4.69, 9.17) is 16.3 Å². The average molecular weight is 304 g/mol. The van der Waals surface area contributed by atoms with Gasteiger partial charge in [0.25, 0.3) is 0 Å². The van der Waals surface area contributed by atoms with Crippen LogP contribution in [0.15, 0.2) is 42.5 Å². The maximum absolute atomic E-state index is 5.98. The summed E-state index contributed by atoms with van der Waals surface area (Å²) in [6, 6.07) is 14.1. The van der Waals surface area contributed by atoms with Crippen LogP contribution < -0.4 is 4.74 Å². The summed E-state index contributed by atoms with van der Waals surface area (Å²) in [6.45, 7) is 7.12. The number of hydrogen-bond donors (Lipinski definition) is 0. The normalized spacial score (nSPS) is 11.4. The predicted octanol–water partition coefficient (Wildman–Crippen LogP) is 4.99. The minimum absolute atomic E-state index is 0.201. The Bertz CT molecular complexity index is 576. The molecule has 0 aliphatic heterocycles. The molecule has 112 valence electrons. The van der Waals surface area contributed by atoms with Crippen LogP contribution in [0.2, 0.25) is 0 Å². The van der Waals surface area contributed by atoms with E-state index in [1.165, 1.54) is 0 Å². The van der Waals surface area contributed by atoms with Gasteiger partial charge in [-0.15, -0.1) is 11.6 Å². The molecule has 2 rings (SSSR count). The molecule has 1 aromatic carbocycles. The van der Waals surface area contributed by atoms with Gasteiger partial charge in [0.1, 0.15) is 6.61 Å². The van der Waals surface area contributed by atoms with Gasteiger partial charge in [0.15, 0.2) is 0 Å². The largest absolute Gasteiger partial charge is 0.473 e. The molecular formula is C18H22ClNO. The van der Waals surface area contributed by atoms with Crippen molar-refractivity contribution in [2.75, 3.05) is 0 Å². The second-order valence-electron chi connectivity index (χ2n) is 6.41. The highest BCUT2D eigenvalue weighted by Crippen LogP contribution is 2.24. The van der Waals surface area contributed by atoms with E-state index in [9.17, 15) is 0 Å². The van der Waals surface area contributed by atoms with Crippen LogP contribution in [0, 0.1) is 5.41 Å². The van der Waals surface area contributed by atoms with Gasteiger partial charge in [-0.1, -0.05) is 57.2 Å². The molecule has 3 heteroatoms. The number of halogens is 1. The van der Waals surface area contributed by atoms with E-state index in [0.717, 1.165) is 23.2 Å². The smallest absolute Gasteiger partial charge is 0.218 e. The molecule has 0 atom stereocenters. The number of benzene rings is 1. The van der Waals surface area contributed by atoms with Gasteiger partial charge in [0.2, 0.25) is 5.88 Å². The quantitative estimate of drug-likeness (QED) is 0.726. The van der Waals surface area contributed by atoms with Crippen molar-refractivity contribution < 1.29 is 4.74 Å². The highest BCUT2D eigenvalue weighted by atomic mass is 35.5. The Morgan fingerprint density at radius 3 is 2.38 bits per heavy atom. The number of nitrogens with zero attached hydrogens (tertiary/aromatic N) is 1. The SMILES string of the molecule is CC(C)(C)Cc1ccc(CCl)c(OCc2ccccc2)n1. The van der Waals surface area contributed by atoms with E-state index >= 15 is 0 Å². The number of ether oxygens (including phenoxy) is 1. The monoisotopic (exact) mass is 303 g/mol. The maximum Gasteiger partial charge on any atom is 0.218 e. The first kappa shape index (κ1) is 15.8. The van der Waals surface area contributed by atoms with Crippen LogP contribution in [-0.2, 0) is 18.9 Å². The first-order valence-electron chi connectivity index (χ1n) is 7.19. The Labute approximate surface area is 132 Å². The molecule has 1 heterocycles. The van der Waals surface area contributed by atoms with Crippen molar-refractivity contribution in [2.45, 2.75) is 39.7 Å². The van der Waals surface area contributed by atoms with Crippen molar-refractivity contribution in [3.05, 3.63) is 59.3 Å². The van der Waals surface area contributed by atoms with Gasteiger partial charge >= 0.3 is 0 Å². The third kappa shape index (κ3) is 5.05. The van der Waals surface area contributed by atoms with Gasteiger partial charge in [0, 0.05) is 11.3 Å². The maximum atomic E-state index is 5.98. The minimum Gasteiger partial charge on any atom is -0.473 e. The highest BCUT2D eigenvalue weighted by molar-refractivity contribution is 6.17. The fourth-order valence-corrected chi connectivity index (χ4v) is 2.31. The molecule has 0 radical (unpaired) electrons. The number of rotatable bonds is 5. The molecule has 1 aromatic heterocycles. The van der Waals surface area contributed by atoms with E-state index < -0.39 is 0 Å². The fourth-order valence-electron chi connectivity index (χ4n) is 2.10. The Kier molecular flexibility index (Phi) is 5.24. The van der Waals surface area contributed by atoms with E-state index in [0.29, 0.717) is 18.4 Å². The molecule has 0 aliphatic carbocycles. The second-order valence-corrected chi connectivity index (χ2v) is 6.68. The third-order valence-electron chi connectivity index (χ3n) is 3.07. The molecule has 0 bridgehead atoms. The summed E-state index contributed by atoms with van der Waals surface area (Å²) in [5.41, 5.74) is 3.30. The van der Waals surface area contributed by atoms with E-state index in [1.807, 2.05) is 42.5 Å². The standard InChI is InChI=1S/C18H22ClNO/c1-18(2,3)11-16-10-9-15(12-19)17(20-16)21-13-14-7-5-4-6-8-14/h4-10H,11-13H2,1-3H3. The van der Waals surface area contributed by atoms with Crippen LogP contribution in [0.3, 0.4) is 0 Å². The molecule has 0 saturated heterocycles. The molecule has 2 aromatic rings. The number of aromatic nitrogens is 1. The van der Waals surface area contributed by atoms with Crippen LogP contribution in [0.5, 0.6) is 5.88 Å². The van der Waals surface area contributed by atoms with E-state index in [-0.39, 0.29) is 5.41 Å². The van der Waals surface area contributed by atoms with Crippen molar-refractivity contribution in [3.8, 4) is 5.88 Å². The summed E-state index contributed by atoms with van der Waals surface area (Å²) in [5, 5.41) is 0. The van der Waals surface area contributed by atoms with Crippen molar-refractivity contribution in [3.63, 3.8) is 0 Å². The molecule has 0 N–H and O–H groups in total. The van der Waals surface area contributed by atoms with Crippen molar-refractivity contribution in [1.82, 2.24) is 4.98 Å². The van der Waals surface area contributed by atoms with Crippen LogP contribution in [0.1, 0.15) is 37.6 Å². The molecule has 0 saturated carbocycles. The topological polar surface area (TPSA) is 22.1 Å².